The molecule has 1 amide bonds. The minimum Gasteiger partial charge on any atom is -0.347 e. The van der Waals surface area contributed by atoms with Crippen LogP contribution < -0.4 is 5.32 Å². The fourth-order valence-electron chi connectivity index (χ4n) is 1.40. The number of carbonyl (C=O) groups is 2. The molecule has 1 atom stereocenters. The van der Waals surface area contributed by atoms with Crippen molar-refractivity contribution in [3.8, 4) is 0 Å². The van der Waals surface area contributed by atoms with Gasteiger partial charge in [0.25, 0.3) is 0 Å². The van der Waals surface area contributed by atoms with E-state index >= 15 is 0 Å². The highest BCUT2D eigenvalue weighted by Crippen LogP contribution is 2.06. The molecule has 0 radical (unpaired) electrons. The Kier molecular flexibility index (Phi) is 7.07. The number of nitrogens with one attached hydrogen (secondary N) is 1. The first-order chi connectivity index (χ1) is 6.57. The van der Waals surface area contributed by atoms with Crippen molar-refractivity contribution in [2.75, 3.05) is 0 Å². The maximum absolute atomic E-state index is 11.1. The Balaban J connectivity index is 3.74. The summed E-state index contributed by atoms with van der Waals surface area (Å²) in [5.74, 6) is -0.0719. The van der Waals surface area contributed by atoms with Crippen LogP contribution in [-0.2, 0) is 9.59 Å². The minimum atomic E-state index is -0.274. The molecule has 0 saturated heterocycles. The average molecular weight is 199 g/mol. The molecule has 0 aromatic rings. The van der Waals surface area contributed by atoms with Crippen LogP contribution in [0.25, 0.3) is 0 Å². The first-order valence-corrected chi connectivity index (χ1v) is 5.35. The Labute approximate surface area is 86.3 Å². The number of hydrogen-bond acceptors (Lipinski definition) is 2. The molecule has 0 aromatic heterocycles. The molecule has 0 bridgehead atoms. The van der Waals surface area contributed by atoms with Crippen LogP contribution in [0, 0.1) is 0 Å². The van der Waals surface area contributed by atoms with Gasteiger partial charge < -0.3 is 5.32 Å². The van der Waals surface area contributed by atoms with Gasteiger partial charge in [0.1, 0.15) is 0 Å². The number of amides is 1. The second-order valence-electron chi connectivity index (χ2n) is 3.71. The zero-order valence-corrected chi connectivity index (χ0v) is 9.43. The third-order valence-corrected chi connectivity index (χ3v) is 2.21. The first-order valence-electron chi connectivity index (χ1n) is 5.35. The molecule has 0 aliphatic heterocycles. The van der Waals surface area contributed by atoms with E-state index in [1.807, 2.05) is 0 Å². The molecule has 0 unspecified atom stereocenters. The molecule has 14 heavy (non-hydrogen) atoms. The molecule has 0 fully saturated rings. The highest BCUT2D eigenvalue weighted by atomic mass is 16.2. The molecule has 0 spiro atoms. The second kappa shape index (κ2) is 7.54. The number of hydrogen-bond donors (Lipinski definition) is 1. The highest BCUT2D eigenvalue weighted by Gasteiger charge is 2.13. The number of unbranched alkanes of at least 4 members (excludes halogenated alkanes) is 3. The SMILES string of the molecule is CCCCCC[C@@H](NC(C)=O)C(C)=O. The lowest BCUT2D eigenvalue weighted by Gasteiger charge is -2.14. The molecular formula is C11H21NO2. The van der Waals surface area contributed by atoms with E-state index in [-0.39, 0.29) is 17.7 Å². The zero-order valence-electron chi connectivity index (χ0n) is 9.43. The van der Waals surface area contributed by atoms with E-state index in [0.29, 0.717) is 0 Å². The Morgan fingerprint density at radius 2 is 1.79 bits per heavy atom. The molecule has 0 aliphatic rings. The highest BCUT2D eigenvalue weighted by molar-refractivity contribution is 5.86. The predicted molar refractivity (Wildman–Crippen MR) is 57.0 cm³/mol. The first kappa shape index (κ1) is 13.1. The van der Waals surface area contributed by atoms with Crippen LogP contribution in [0.15, 0.2) is 0 Å². The minimum absolute atomic E-state index is 0.0525. The number of ketones is 1. The van der Waals surface area contributed by atoms with Gasteiger partial charge in [-0.1, -0.05) is 32.6 Å². The van der Waals surface area contributed by atoms with Gasteiger partial charge in [-0.3, -0.25) is 9.59 Å². The van der Waals surface area contributed by atoms with Crippen molar-refractivity contribution in [3.63, 3.8) is 0 Å². The van der Waals surface area contributed by atoms with Crippen molar-refractivity contribution in [2.24, 2.45) is 0 Å². The van der Waals surface area contributed by atoms with Gasteiger partial charge in [0, 0.05) is 6.92 Å². The molecule has 82 valence electrons. The van der Waals surface area contributed by atoms with Gasteiger partial charge in [0.05, 0.1) is 6.04 Å². The Bertz CT molecular complexity index is 190. The third-order valence-electron chi connectivity index (χ3n) is 2.21. The van der Waals surface area contributed by atoms with Gasteiger partial charge in [-0.25, -0.2) is 0 Å². The summed E-state index contributed by atoms with van der Waals surface area (Å²) in [4.78, 5) is 21.9. The van der Waals surface area contributed by atoms with E-state index in [9.17, 15) is 9.59 Å². The maximum atomic E-state index is 11.1. The van der Waals surface area contributed by atoms with Crippen molar-refractivity contribution < 1.29 is 9.59 Å². The van der Waals surface area contributed by atoms with E-state index in [2.05, 4.69) is 12.2 Å². The number of rotatable bonds is 7. The number of carbonyl (C=O) groups excluding carboxylic acids is 2. The quantitative estimate of drug-likeness (QED) is 0.638. The molecule has 3 heteroatoms. The van der Waals surface area contributed by atoms with E-state index in [1.54, 1.807) is 0 Å². The normalized spacial score (nSPS) is 12.2. The lowest BCUT2D eigenvalue weighted by atomic mass is 10.0. The van der Waals surface area contributed by atoms with Gasteiger partial charge in [-0.15, -0.1) is 0 Å². The van der Waals surface area contributed by atoms with E-state index < -0.39 is 0 Å². The maximum Gasteiger partial charge on any atom is 0.217 e. The zero-order chi connectivity index (χ0) is 11.0. The Morgan fingerprint density at radius 1 is 1.14 bits per heavy atom. The molecule has 1 N–H and O–H groups in total. The monoisotopic (exact) mass is 199 g/mol. The summed E-state index contributed by atoms with van der Waals surface area (Å²) < 4.78 is 0. The smallest absolute Gasteiger partial charge is 0.217 e. The second-order valence-corrected chi connectivity index (χ2v) is 3.71. The largest absolute Gasteiger partial charge is 0.347 e. The molecule has 3 nitrogen and oxygen atoms in total. The lowest BCUT2D eigenvalue weighted by molar-refractivity contribution is -0.125. The molecular weight excluding hydrogens is 178 g/mol. The third kappa shape index (κ3) is 6.63. The molecule has 0 aliphatic carbocycles. The lowest BCUT2D eigenvalue weighted by Crippen LogP contribution is -2.38. The van der Waals surface area contributed by atoms with Crippen LogP contribution in [-0.4, -0.2) is 17.7 Å². The summed E-state index contributed by atoms with van der Waals surface area (Å²) in [5.41, 5.74) is 0. The van der Waals surface area contributed by atoms with Crippen LogP contribution in [0.3, 0.4) is 0 Å². The van der Waals surface area contributed by atoms with Crippen LogP contribution in [0.2, 0.25) is 0 Å². The van der Waals surface area contributed by atoms with Crippen LogP contribution in [0.1, 0.15) is 52.9 Å². The van der Waals surface area contributed by atoms with Gasteiger partial charge >= 0.3 is 0 Å². The number of Topliss-reactive ketones (excluding diaryl/α,β-unsaturated/α-hetero) is 1. The fourth-order valence-corrected chi connectivity index (χ4v) is 1.40. The van der Waals surface area contributed by atoms with Crippen molar-refractivity contribution in [3.05, 3.63) is 0 Å². The standard InChI is InChI=1S/C11H21NO2/c1-4-5-6-7-8-11(9(2)13)12-10(3)14/h11H,4-8H2,1-3H3,(H,12,14)/t11-/m1/s1. The summed E-state index contributed by atoms with van der Waals surface area (Å²) in [7, 11) is 0. The van der Waals surface area contributed by atoms with Crippen molar-refractivity contribution in [2.45, 2.75) is 58.9 Å². The summed E-state index contributed by atoms with van der Waals surface area (Å²) >= 11 is 0. The molecule has 0 aromatic carbocycles. The van der Waals surface area contributed by atoms with E-state index in [1.165, 1.54) is 26.7 Å². The predicted octanol–water partition coefficient (Wildman–Crippen LogP) is 2.05. The summed E-state index contributed by atoms with van der Waals surface area (Å²) in [6, 6.07) is -0.274. The van der Waals surface area contributed by atoms with Crippen molar-refractivity contribution >= 4 is 11.7 Å². The van der Waals surface area contributed by atoms with E-state index in [4.69, 9.17) is 0 Å². The summed E-state index contributed by atoms with van der Waals surface area (Å²) in [6.07, 6.45) is 5.31. The van der Waals surface area contributed by atoms with Crippen molar-refractivity contribution in [1.82, 2.24) is 5.32 Å². The van der Waals surface area contributed by atoms with Gasteiger partial charge in [-0.05, 0) is 13.3 Å². The average Bonchev–Trinajstić information content (AvgIpc) is 2.09. The van der Waals surface area contributed by atoms with Gasteiger partial charge in [-0.2, -0.15) is 0 Å². The molecule has 0 rings (SSSR count). The Hall–Kier alpha value is -0.860. The van der Waals surface area contributed by atoms with Gasteiger partial charge in [0.2, 0.25) is 5.91 Å². The Morgan fingerprint density at radius 3 is 2.21 bits per heavy atom. The van der Waals surface area contributed by atoms with Crippen LogP contribution in [0.4, 0.5) is 0 Å². The molecule has 0 heterocycles. The van der Waals surface area contributed by atoms with E-state index in [0.717, 1.165) is 19.3 Å². The fraction of sp³-hybridized carbons (Fsp3) is 0.818. The van der Waals surface area contributed by atoms with Gasteiger partial charge in [0.15, 0.2) is 5.78 Å². The van der Waals surface area contributed by atoms with Crippen LogP contribution in [0.5, 0.6) is 0 Å². The molecule has 0 saturated carbocycles. The summed E-state index contributed by atoms with van der Waals surface area (Å²) in [5, 5.41) is 2.67. The van der Waals surface area contributed by atoms with Crippen LogP contribution >= 0.6 is 0 Å². The summed E-state index contributed by atoms with van der Waals surface area (Å²) in [6.45, 7) is 5.12. The topological polar surface area (TPSA) is 46.2 Å². The van der Waals surface area contributed by atoms with Crippen molar-refractivity contribution in [1.29, 1.82) is 0 Å².